The number of benzene rings is 3. The third kappa shape index (κ3) is 4.58. The van der Waals surface area contributed by atoms with Gasteiger partial charge >= 0.3 is 0 Å². The predicted octanol–water partition coefficient (Wildman–Crippen LogP) is 4.40. The Morgan fingerprint density at radius 2 is 1.37 bits per heavy atom. The zero-order valence-electron chi connectivity index (χ0n) is 13.7. The maximum absolute atomic E-state index is 12.4. The Labute approximate surface area is 165 Å². The number of para-hydroxylation sites is 1. The first-order valence-electron chi connectivity index (χ1n) is 7.79. The van der Waals surface area contributed by atoms with Gasteiger partial charge in [-0.2, -0.15) is 0 Å². The molecule has 0 spiro atoms. The molecule has 7 heteroatoms. The quantitative estimate of drug-likeness (QED) is 0.688. The summed E-state index contributed by atoms with van der Waals surface area (Å²) >= 11 is 11.7. The fraction of sp³-hybridized carbons (Fsp3) is 0. The summed E-state index contributed by atoms with van der Waals surface area (Å²) in [7, 11) is 0. The van der Waals surface area contributed by atoms with Crippen LogP contribution in [0.15, 0.2) is 66.7 Å². The Balaban J connectivity index is 1.77. The van der Waals surface area contributed by atoms with E-state index >= 15 is 0 Å². The second-order valence-electron chi connectivity index (χ2n) is 5.49. The van der Waals surface area contributed by atoms with Crippen LogP contribution in [-0.2, 0) is 0 Å². The number of carbonyl (C=O) groups is 2. The Kier molecular flexibility index (Phi) is 5.64. The molecule has 3 aromatic rings. The van der Waals surface area contributed by atoms with Gasteiger partial charge < -0.3 is 20.0 Å². The minimum absolute atomic E-state index is 0.0230. The summed E-state index contributed by atoms with van der Waals surface area (Å²) in [5, 5.41) is 13.9. The number of aromatic carboxylic acids is 1. The molecule has 1 N–H and O–H groups in total. The summed E-state index contributed by atoms with van der Waals surface area (Å²) in [5.41, 5.74) is -0.0317. The molecule has 0 radical (unpaired) electrons. The van der Waals surface area contributed by atoms with Crippen molar-refractivity contribution < 1.29 is 19.4 Å². The van der Waals surface area contributed by atoms with E-state index in [0.29, 0.717) is 17.2 Å². The van der Waals surface area contributed by atoms with Crippen LogP contribution in [0.25, 0.3) is 0 Å². The third-order valence-corrected chi connectivity index (χ3v) is 4.34. The lowest BCUT2D eigenvalue weighted by Gasteiger charge is -2.13. The van der Waals surface area contributed by atoms with Crippen molar-refractivity contribution in [1.82, 2.24) is 0 Å². The molecular formula is C20H12Cl2NO4-. The van der Waals surface area contributed by atoms with Gasteiger partial charge in [-0.15, -0.1) is 0 Å². The van der Waals surface area contributed by atoms with E-state index in [1.165, 1.54) is 6.07 Å². The summed E-state index contributed by atoms with van der Waals surface area (Å²) in [6.45, 7) is 0. The van der Waals surface area contributed by atoms with Crippen LogP contribution in [0.3, 0.4) is 0 Å². The van der Waals surface area contributed by atoms with Crippen LogP contribution >= 0.6 is 23.2 Å². The molecular weight excluding hydrogens is 389 g/mol. The molecule has 0 heterocycles. The highest BCUT2D eigenvalue weighted by atomic mass is 35.5. The first-order chi connectivity index (χ1) is 12.9. The zero-order valence-corrected chi connectivity index (χ0v) is 15.3. The lowest BCUT2D eigenvalue weighted by atomic mass is 10.1. The van der Waals surface area contributed by atoms with E-state index in [2.05, 4.69) is 5.32 Å². The Morgan fingerprint density at radius 3 is 1.96 bits per heavy atom. The van der Waals surface area contributed by atoms with Gasteiger partial charge in [-0.25, -0.2) is 0 Å². The van der Waals surface area contributed by atoms with Crippen LogP contribution in [0.1, 0.15) is 20.7 Å². The number of carboxylic acid groups (broad SMARTS) is 1. The highest BCUT2D eigenvalue weighted by Crippen LogP contribution is 2.27. The number of halogens is 2. The maximum Gasteiger partial charge on any atom is 0.256 e. The van der Waals surface area contributed by atoms with Gasteiger partial charge in [0.2, 0.25) is 0 Å². The molecule has 0 saturated heterocycles. The van der Waals surface area contributed by atoms with Crippen molar-refractivity contribution in [2.45, 2.75) is 0 Å². The molecule has 3 aromatic carbocycles. The van der Waals surface area contributed by atoms with Crippen molar-refractivity contribution in [3.8, 4) is 11.5 Å². The van der Waals surface area contributed by atoms with Gasteiger partial charge in [0.25, 0.3) is 5.91 Å². The Bertz CT molecular complexity index is 989. The SMILES string of the molecule is O=C([O-])c1cc(Cl)c(Cl)cc1C(=O)Nc1ccc(Oc2ccccc2)cc1. The summed E-state index contributed by atoms with van der Waals surface area (Å²) in [5.74, 6) is -0.900. The smallest absolute Gasteiger partial charge is 0.256 e. The van der Waals surface area contributed by atoms with Crippen LogP contribution in [0.2, 0.25) is 10.0 Å². The molecule has 0 saturated carbocycles. The summed E-state index contributed by atoms with van der Waals surface area (Å²) in [6.07, 6.45) is 0. The molecule has 0 unspecified atom stereocenters. The second-order valence-corrected chi connectivity index (χ2v) is 6.31. The zero-order chi connectivity index (χ0) is 19.4. The first-order valence-corrected chi connectivity index (χ1v) is 8.54. The molecule has 136 valence electrons. The summed E-state index contributed by atoms with van der Waals surface area (Å²) < 4.78 is 5.67. The van der Waals surface area contributed by atoms with E-state index in [1.54, 1.807) is 24.3 Å². The Hall–Kier alpha value is -3.02. The number of ether oxygens (including phenoxy) is 1. The number of nitrogens with one attached hydrogen (secondary N) is 1. The fourth-order valence-corrected chi connectivity index (χ4v) is 2.66. The molecule has 3 rings (SSSR count). The molecule has 1 amide bonds. The van der Waals surface area contributed by atoms with Crippen LogP contribution in [0.4, 0.5) is 5.69 Å². The van der Waals surface area contributed by atoms with Gasteiger partial charge in [-0.3, -0.25) is 4.79 Å². The molecule has 0 aromatic heterocycles. The van der Waals surface area contributed by atoms with E-state index in [9.17, 15) is 14.7 Å². The van der Waals surface area contributed by atoms with E-state index < -0.39 is 11.9 Å². The lowest BCUT2D eigenvalue weighted by Crippen LogP contribution is -2.26. The van der Waals surface area contributed by atoms with Crippen molar-refractivity contribution >= 4 is 40.8 Å². The van der Waals surface area contributed by atoms with Crippen molar-refractivity contribution in [2.24, 2.45) is 0 Å². The lowest BCUT2D eigenvalue weighted by molar-refractivity contribution is -0.255. The molecule has 0 bridgehead atoms. The van der Waals surface area contributed by atoms with Crippen LogP contribution < -0.4 is 15.2 Å². The first kappa shape index (κ1) is 18.8. The number of hydrogen-bond donors (Lipinski definition) is 1. The largest absolute Gasteiger partial charge is 0.545 e. The highest BCUT2D eigenvalue weighted by molar-refractivity contribution is 6.42. The molecule has 27 heavy (non-hydrogen) atoms. The van der Waals surface area contributed by atoms with Gasteiger partial charge in [-0.05, 0) is 48.5 Å². The van der Waals surface area contributed by atoms with E-state index in [1.807, 2.05) is 30.3 Å². The Morgan fingerprint density at radius 1 is 0.815 bits per heavy atom. The predicted molar refractivity (Wildman–Crippen MR) is 102 cm³/mol. The average Bonchev–Trinajstić information content (AvgIpc) is 2.66. The van der Waals surface area contributed by atoms with Crippen molar-refractivity contribution in [1.29, 1.82) is 0 Å². The molecule has 0 atom stereocenters. The third-order valence-electron chi connectivity index (χ3n) is 3.62. The second kappa shape index (κ2) is 8.12. The molecule has 0 aliphatic heterocycles. The van der Waals surface area contributed by atoms with Crippen molar-refractivity contribution in [3.05, 3.63) is 87.9 Å². The molecule has 5 nitrogen and oxygen atoms in total. The van der Waals surface area contributed by atoms with Gasteiger partial charge in [-0.1, -0.05) is 41.4 Å². The van der Waals surface area contributed by atoms with E-state index in [4.69, 9.17) is 27.9 Å². The van der Waals surface area contributed by atoms with Crippen LogP contribution in [0, 0.1) is 0 Å². The van der Waals surface area contributed by atoms with Gasteiger partial charge in [0.05, 0.1) is 21.6 Å². The van der Waals surface area contributed by atoms with Gasteiger partial charge in [0.1, 0.15) is 11.5 Å². The number of carboxylic acids is 1. The van der Waals surface area contributed by atoms with Crippen molar-refractivity contribution in [2.75, 3.05) is 5.32 Å². The molecule has 0 aliphatic carbocycles. The normalized spacial score (nSPS) is 10.3. The standard InChI is InChI=1S/C20H13Cl2NO4/c21-17-10-15(16(20(25)26)11-18(17)22)19(24)23-12-6-8-14(9-7-12)27-13-4-2-1-3-5-13/h1-11H,(H,23,24)(H,25,26)/p-1. The minimum atomic E-state index is -1.52. The monoisotopic (exact) mass is 400 g/mol. The summed E-state index contributed by atoms with van der Waals surface area (Å²) in [6, 6.07) is 18.1. The van der Waals surface area contributed by atoms with E-state index in [-0.39, 0.29) is 21.2 Å². The van der Waals surface area contributed by atoms with Crippen molar-refractivity contribution in [3.63, 3.8) is 0 Å². The van der Waals surface area contributed by atoms with Crippen LogP contribution in [-0.4, -0.2) is 11.9 Å². The fourth-order valence-electron chi connectivity index (χ4n) is 2.33. The minimum Gasteiger partial charge on any atom is -0.545 e. The number of carbonyl (C=O) groups excluding carboxylic acids is 2. The highest BCUT2D eigenvalue weighted by Gasteiger charge is 2.15. The van der Waals surface area contributed by atoms with E-state index in [0.717, 1.165) is 6.07 Å². The summed E-state index contributed by atoms with van der Waals surface area (Å²) in [4.78, 5) is 23.7. The maximum atomic E-state index is 12.4. The van der Waals surface area contributed by atoms with Gasteiger partial charge in [0.15, 0.2) is 0 Å². The van der Waals surface area contributed by atoms with Crippen LogP contribution in [0.5, 0.6) is 11.5 Å². The number of amides is 1. The topological polar surface area (TPSA) is 78.5 Å². The number of hydrogen-bond acceptors (Lipinski definition) is 4. The molecule has 0 aliphatic rings. The average molecular weight is 401 g/mol. The number of anilines is 1. The number of rotatable bonds is 5. The molecule has 0 fully saturated rings. The van der Waals surface area contributed by atoms with Gasteiger partial charge in [0, 0.05) is 11.3 Å².